The Bertz CT molecular complexity index is 580. The summed E-state index contributed by atoms with van der Waals surface area (Å²) in [6, 6.07) is 6.73. The Morgan fingerprint density at radius 2 is 2.00 bits per heavy atom. The van der Waals surface area contributed by atoms with Crippen molar-refractivity contribution in [3.63, 3.8) is 0 Å². The van der Waals surface area contributed by atoms with E-state index in [0.717, 1.165) is 15.6 Å². The van der Waals surface area contributed by atoms with Gasteiger partial charge in [0, 0.05) is 15.6 Å². The second-order valence-electron chi connectivity index (χ2n) is 4.06. The molecule has 2 rings (SSSR count). The Hall–Kier alpha value is -1.59. The second-order valence-corrected chi connectivity index (χ2v) is 5.78. The van der Waals surface area contributed by atoms with Crippen LogP contribution in [-0.2, 0) is 6.54 Å². The third kappa shape index (κ3) is 3.94. The molecule has 0 aliphatic rings. The van der Waals surface area contributed by atoms with E-state index >= 15 is 0 Å². The molecule has 0 spiro atoms. The summed E-state index contributed by atoms with van der Waals surface area (Å²) in [4.78, 5) is 17.1. The van der Waals surface area contributed by atoms with Crippen LogP contribution < -0.4 is 10.6 Å². The van der Waals surface area contributed by atoms with Crippen LogP contribution in [0.25, 0.3) is 0 Å². The van der Waals surface area contributed by atoms with Gasteiger partial charge in [-0.2, -0.15) is 0 Å². The Kier molecular flexibility index (Phi) is 4.39. The van der Waals surface area contributed by atoms with Crippen molar-refractivity contribution < 1.29 is 4.79 Å². The van der Waals surface area contributed by atoms with Crippen molar-refractivity contribution in [1.82, 2.24) is 10.3 Å². The predicted molar refractivity (Wildman–Crippen MR) is 78.9 cm³/mol. The zero-order valence-electron chi connectivity index (χ0n) is 10.7. The number of rotatable bonds is 3. The average Bonchev–Trinajstić information content (AvgIpc) is 2.68. The molecule has 2 N–H and O–H groups in total. The van der Waals surface area contributed by atoms with Crippen molar-refractivity contribution in [2.75, 3.05) is 5.32 Å². The third-order valence-electron chi connectivity index (χ3n) is 2.51. The molecule has 2 aromatic rings. The number of nitrogens with zero attached hydrogens (tertiary/aromatic N) is 1. The number of anilines is 1. The van der Waals surface area contributed by atoms with Crippen molar-refractivity contribution in [3.8, 4) is 0 Å². The number of carbonyl (C=O) groups is 1. The summed E-state index contributed by atoms with van der Waals surface area (Å²) >= 11 is 7.37. The van der Waals surface area contributed by atoms with Gasteiger partial charge in [-0.25, -0.2) is 9.78 Å². The number of thiazole rings is 1. The second kappa shape index (κ2) is 6.04. The van der Waals surface area contributed by atoms with E-state index < -0.39 is 0 Å². The van der Waals surface area contributed by atoms with Crippen LogP contribution in [0.5, 0.6) is 0 Å². The van der Waals surface area contributed by atoms with Crippen LogP contribution in [0, 0.1) is 13.8 Å². The molecule has 0 unspecified atom stereocenters. The van der Waals surface area contributed by atoms with Gasteiger partial charge in [0.2, 0.25) is 0 Å². The predicted octanol–water partition coefficient (Wildman–Crippen LogP) is 3.74. The lowest BCUT2D eigenvalue weighted by Crippen LogP contribution is -2.28. The van der Waals surface area contributed by atoms with E-state index in [1.54, 1.807) is 35.6 Å². The zero-order valence-corrected chi connectivity index (χ0v) is 12.2. The fourth-order valence-corrected chi connectivity index (χ4v) is 2.61. The van der Waals surface area contributed by atoms with Crippen LogP contribution in [0.3, 0.4) is 0 Å². The Balaban J connectivity index is 1.88. The van der Waals surface area contributed by atoms with Crippen molar-refractivity contribution >= 4 is 34.7 Å². The minimum atomic E-state index is -0.243. The molecule has 1 heterocycles. The number of benzene rings is 1. The van der Waals surface area contributed by atoms with E-state index in [1.807, 2.05) is 13.8 Å². The quantitative estimate of drug-likeness (QED) is 0.906. The van der Waals surface area contributed by atoms with Gasteiger partial charge in [0.25, 0.3) is 0 Å². The summed E-state index contributed by atoms with van der Waals surface area (Å²) < 4.78 is 0. The third-order valence-corrected chi connectivity index (χ3v) is 3.84. The minimum absolute atomic E-state index is 0.243. The van der Waals surface area contributed by atoms with Crippen LogP contribution in [0.4, 0.5) is 10.5 Å². The highest BCUT2D eigenvalue weighted by atomic mass is 35.5. The molecular formula is C13H14ClN3OS. The number of urea groups is 1. The zero-order chi connectivity index (χ0) is 13.8. The van der Waals surface area contributed by atoms with Crippen LogP contribution >= 0.6 is 22.9 Å². The topological polar surface area (TPSA) is 54.0 Å². The van der Waals surface area contributed by atoms with E-state index in [-0.39, 0.29) is 6.03 Å². The molecule has 0 radical (unpaired) electrons. The summed E-state index contributed by atoms with van der Waals surface area (Å²) in [5.74, 6) is 0. The van der Waals surface area contributed by atoms with Gasteiger partial charge in [-0.1, -0.05) is 11.6 Å². The minimum Gasteiger partial charge on any atom is -0.333 e. The molecule has 6 heteroatoms. The first-order valence-electron chi connectivity index (χ1n) is 5.78. The summed E-state index contributed by atoms with van der Waals surface area (Å²) in [6.07, 6.45) is 0. The normalized spacial score (nSPS) is 10.3. The van der Waals surface area contributed by atoms with Crippen molar-refractivity contribution in [1.29, 1.82) is 0 Å². The van der Waals surface area contributed by atoms with Crippen LogP contribution in [0.15, 0.2) is 24.3 Å². The van der Waals surface area contributed by atoms with Crippen LogP contribution in [0.2, 0.25) is 5.02 Å². The fourth-order valence-electron chi connectivity index (χ4n) is 1.61. The molecule has 0 aliphatic heterocycles. The summed E-state index contributed by atoms with van der Waals surface area (Å²) in [6.45, 7) is 4.38. The molecule has 100 valence electrons. The van der Waals surface area contributed by atoms with E-state index in [2.05, 4.69) is 15.6 Å². The summed E-state index contributed by atoms with van der Waals surface area (Å²) in [5.41, 5.74) is 1.67. The van der Waals surface area contributed by atoms with Gasteiger partial charge < -0.3 is 10.6 Å². The lowest BCUT2D eigenvalue weighted by atomic mass is 10.3. The number of amides is 2. The van der Waals surface area contributed by atoms with E-state index in [1.165, 1.54) is 0 Å². The first-order valence-corrected chi connectivity index (χ1v) is 6.97. The highest BCUT2D eigenvalue weighted by Crippen LogP contribution is 2.17. The van der Waals surface area contributed by atoms with E-state index in [0.29, 0.717) is 17.3 Å². The monoisotopic (exact) mass is 295 g/mol. The molecule has 0 saturated carbocycles. The summed E-state index contributed by atoms with van der Waals surface area (Å²) in [5, 5.41) is 7.19. The Morgan fingerprint density at radius 1 is 1.32 bits per heavy atom. The average molecular weight is 296 g/mol. The van der Waals surface area contributed by atoms with Crippen molar-refractivity contribution in [2.45, 2.75) is 20.4 Å². The number of aryl methyl sites for hydroxylation is 2. The first kappa shape index (κ1) is 13.8. The SMILES string of the molecule is Cc1nc(C)c(CNC(=O)Nc2ccc(Cl)cc2)s1. The number of halogens is 1. The molecule has 1 aromatic heterocycles. The largest absolute Gasteiger partial charge is 0.333 e. The van der Waals surface area contributed by atoms with Gasteiger partial charge in [-0.05, 0) is 38.1 Å². The lowest BCUT2D eigenvalue weighted by Gasteiger charge is -2.07. The highest BCUT2D eigenvalue weighted by molar-refractivity contribution is 7.11. The van der Waals surface area contributed by atoms with Gasteiger partial charge >= 0.3 is 6.03 Å². The number of hydrogen-bond donors (Lipinski definition) is 2. The van der Waals surface area contributed by atoms with Gasteiger partial charge in [-0.3, -0.25) is 0 Å². The molecule has 0 fully saturated rings. The number of hydrogen-bond acceptors (Lipinski definition) is 3. The number of carbonyl (C=O) groups excluding carboxylic acids is 1. The maximum Gasteiger partial charge on any atom is 0.319 e. The maximum atomic E-state index is 11.7. The van der Waals surface area contributed by atoms with Crippen LogP contribution in [0.1, 0.15) is 15.6 Å². The molecule has 1 aromatic carbocycles. The lowest BCUT2D eigenvalue weighted by molar-refractivity contribution is 0.252. The standard InChI is InChI=1S/C13H14ClN3OS/c1-8-12(19-9(2)16-8)7-15-13(18)17-11-5-3-10(14)4-6-11/h3-6H,7H2,1-2H3,(H2,15,17,18). The highest BCUT2D eigenvalue weighted by Gasteiger charge is 2.07. The van der Waals surface area contributed by atoms with Gasteiger partial charge in [0.1, 0.15) is 0 Å². The first-order chi connectivity index (χ1) is 9.04. The molecule has 0 bridgehead atoms. The molecule has 19 heavy (non-hydrogen) atoms. The Morgan fingerprint density at radius 3 is 2.58 bits per heavy atom. The fraction of sp³-hybridized carbons (Fsp3) is 0.231. The molecule has 4 nitrogen and oxygen atoms in total. The van der Waals surface area contributed by atoms with Gasteiger partial charge in [0.05, 0.1) is 17.2 Å². The van der Waals surface area contributed by atoms with Crippen molar-refractivity contribution in [2.24, 2.45) is 0 Å². The maximum absolute atomic E-state index is 11.7. The van der Waals surface area contributed by atoms with Gasteiger partial charge in [-0.15, -0.1) is 11.3 Å². The number of aromatic nitrogens is 1. The molecular weight excluding hydrogens is 282 g/mol. The van der Waals surface area contributed by atoms with E-state index in [9.17, 15) is 4.79 Å². The van der Waals surface area contributed by atoms with Crippen molar-refractivity contribution in [3.05, 3.63) is 44.9 Å². The number of nitrogens with one attached hydrogen (secondary N) is 2. The van der Waals surface area contributed by atoms with Gasteiger partial charge in [0.15, 0.2) is 0 Å². The Labute approximate surface area is 120 Å². The van der Waals surface area contributed by atoms with Crippen LogP contribution in [-0.4, -0.2) is 11.0 Å². The summed E-state index contributed by atoms with van der Waals surface area (Å²) in [7, 11) is 0. The van der Waals surface area contributed by atoms with E-state index in [4.69, 9.17) is 11.6 Å². The molecule has 0 atom stereocenters. The molecule has 2 amide bonds. The molecule has 0 aliphatic carbocycles. The smallest absolute Gasteiger partial charge is 0.319 e. The molecule has 0 saturated heterocycles.